The molecular formula is C35H57N12O2P. The van der Waals surface area contributed by atoms with Crippen molar-refractivity contribution in [3.05, 3.63) is 36.2 Å². The Balaban J connectivity index is 1.02. The van der Waals surface area contributed by atoms with Crippen molar-refractivity contribution in [2.24, 2.45) is 5.73 Å². The summed E-state index contributed by atoms with van der Waals surface area (Å²) in [6.07, 6.45) is 13.9. The van der Waals surface area contributed by atoms with E-state index in [2.05, 4.69) is 46.1 Å². The number of aryl methyl sites for hydroxylation is 1. The standard InChI is InChI=1S/C35H57N12O2P/c36-30(34(49)39-19-23-50)12-13-32(48)46-21-14-27(15-22-46)41-33-29-10-4-5-11-31(29)42-35(43-33)40-24-28-25-47(45-44-28)20-7-17-37-16-6-18-38-26-8-2-1-3-9-26/h4-5,10-11,25-27,30,37-38H,1-3,6-9,12-24,36,50H2,(H,39,49)(H2,40,41,42,43)/t30-/m0/s1. The van der Waals surface area contributed by atoms with Gasteiger partial charge in [-0.3, -0.25) is 14.3 Å². The van der Waals surface area contributed by atoms with Gasteiger partial charge in [0.15, 0.2) is 0 Å². The molecule has 3 heterocycles. The van der Waals surface area contributed by atoms with Crippen molar-refractivity contribution >= 4 is 43.7 Å². The summed E-state index contributed by atoms with van der Waals surface area (Å²) in [5.41, 5.74) is 7.66. The van der Waals surface area contributed by atoms with E-state index in [0.29, 0.717) is 38.5 Å². The first-order valence-electron chi connectivity index (χ1n) is 18.6. The van der Waals surface area contributed by atoms with Crippen molar-refractivity contribution in [3.8, 4) is 0 Å². The summed E-state index contributed by atoms with van der Waals surface area (Å²) < 4.78 is 1.90. The highest BCUT2D eigenvalue weighted by molar-refractivity contribution is 7.16. The molecule has 0 spiro atoms. The van der Waals surface area contributed by atoms with Gasteiger partial charge in [-0.2, -0.15) is 4.98 Å². The molecule has 7 N–H and O–H groups in total. The van der Waals surface area contributed by atoms with Gasteiger partial charge in [0, 0.05) is 50.1 Å². The maximum Gasteiger partial charge on any atom is 0.236 e. The van der Waals surface area contributed by atoms with Crippen LogP contribution in [0.3, 0.4) is 0 Å². The molecule has 1 saturated heterocycles. The van der Waals surface area contributed by atoms with Gasteiger partial charge in [-0.1, -0.05) is 36.6 Å². The van der Waals surface area contributed by atoms with E-state index in [4.69, 9.17) is 15.7 Å². The van der Waals surface area contributed by atoms with Crippen LogP contribution >= 0.6 is 9.24 Å². The fraction of sp³-hybridized carbons (Fsp3) is 0.657. The lowest BCUT2D eigenvalue weighted by atomic mass is 9.95. The lowest BCUT2D eigenvalue weighted by molar-refractivity contribution is -0.132. The van der Waals surface area contributed by atoms with Crippen LogP contribution in [0.1, 0.15) is 76.3 Å². The lowest BCUT2D eigenvalue weighted by Gasteiger charge is -2.33. The minimum absolute atomic E-state index is 0.0401. The number of fused-ring (bicyclic) bond motifs is 1. The number of anilines is 2. The van der Waals surface area contributed by atoms with Gasteiger partial charge in [0.2, 0.25) is 17.8 Å². The fourth-order valence-electron chi connectivity index (χ4n) is 6.64. The lowest BCUT2D eigenvalue weighted by Crippen LogP contribution is -2.44. The molecule has 2 amide bonds. The molecule has 2 aliphatic rings. The van der Waals surface area contributed by atoms with Crippen LogP contribution < -0.4 is 32.3 Å². The molecule has 3 aromatic rings. The average Bonchev–Trinajstić information content (AvgIpc) is 3.61. The maximum absolute atomic E-state index is 12.8. The van der Waals surface area contributed by atoms with Crippen LogP contribution in [0, 0.1) is 0 Å². The minimum Gasteiger partial charge on any atom is -0.367 e. The van der Waals surface area contributed by atoms with E-state index in [1.807, 2.05) is 40.0 Å². The number of hydrogen-bond acceptors (Lipinski definition) is 11. The van der Waals surface area contributed by atoms with Gasteiger partial charge in [0.25, 0.3) is 0 Å². The Hall–Kier alpha value is -3.45. The number of para-hydroxylation sites is 1. The van der Waals surface area contributed by atoms with E-state index in [1.165, 1.54) is 32.1 Å². The van der Waals surface area contributed by atoms with Crippen LogP contribution in [0.2, 0.25) is 0 Å². The van der Waals surface area contributed by atoms with E-state index < -0.39 is 6.04 Å². The predicted molar refractivity (Wildman–Crippen MR) is 202 cm³/mol. The maximum atomic E-state index is 12.8. The van der Waals surface area contributed by atoms with E-state index in [0.717, 1.165) is 86.5 Å². The molecule has 2 aromatic heterocycles. The number of carbonyl (C=O) groups is 2. The molecule has 1 aliphatic carbocycles. The summed E-state index contributed by atoms with van der Waals surface area (Å²) in [4.78, 5) is 36.3. The van der Waals surface area contributed by atoms with Gasteiger partial charge in [0.1, 0.15) is 11.5 Å². The number of nitrogens with zero attached hydrogens (tertiary/aromatic N) is 6. The normalized spacial score (nSPS) is 16.4. The average molecular weight is 709 g/mol. The van der Waals surface area contributed by atoms with Crippen LogP contribution in [-0.2, 0) is 22.7 Å². The number of rotatable bonds is 20. The largest absolute Gasteiger partial charge is 0.367 e. The van der Waals surface area contributed by atoms with E-state index in [9.17, 15) is 9.59 Å². The highest BCUT2D eigenvalue weighted by Crippen LogP contribution is 2.25. The SMILES string of the molecule is N[C@@H](CCC(=O)N1CCC(Nc2nc(NCc3cn(CCCNCCCNC4CCCCC4)nn3)nc3ccccc23)CC1)C(=O)NCCP. The first kappa shape index (κ1) is 37.8. The molecule has 15 heteroatoms. The Labute approximate surface area is 298 Å². The van der Waals surface area contributed by atoms with Gasteiger partial charge < -0.3 is 37.2 Å². The smallest absolute Gasteiger partial charge is 0.236 e. The number of nitrogens with one attached hydrogen (secondary N) is 5. The number of nitrogens with two attached hydrogens (primary N) is 1. The van der Waals surface area contributed by atoms with Gasteiger partial charge in [-0.15, -0.1) is 14.3 Å². The van der Waals surface area contributed by atoms with Crippen LogP contribution in [0.25, 0.3) is 10.9 Å². The van der Waals surface area contributed by atoms with Crippen molar-refractivity contribution < 1.29 is 9.59 Å². The third kappa shape index (κ3) is 12.1. The summed E-state index contributed by atoms with van der Waals surface area (Å²) in [5, 5.41) is 26.6. The molecule has 2 fully saturated rings. The number of aromatic nitrogens is 5. The third-order valence-corrected chi connectivity index (χ3v) is 9.85. The number of carbonyl (C=O) groups excluding carboxylic acids is 2. The van der Waals surface area contributed by atoms with Crippen LogP contribution in [-0.4, -0.2) is 105 Å². The quantitative estimate of drug-likeness (QED) is 0.0751. The topological polar surface area (TPSA) is 180 Å². The summed E-state index contributed by atoms with van der Waals surface area (Å²) in [7, 11) is 2.56. The zero-order chi connectivity index (χ0) is 35.0. The molecule has 14 nitrogen and oxygen atoms in total. The van der Waals surface area contributed by atoms with Crippen LogP contribution in [0.15, 0.2) is 30.5 Å². The van der Waals surface area contributed by atoms with Gasteiger partial charge in [-0.25, -0.2) is 4.98 Å². The van der Waals surface area contributed by atoms with Crippen molar-refractivity contribution in [2.75, 3.05) is 56.1 Å². The van der Waals surface area contributed by atoms with Crippen molar-refractivity contribution in [1.29, 1.82) is 0 Å². The van der Waals surface area contributed by atoms with E-state index >= 15 is 0 Å². The van der Waals surface area contributed by atoms with Crippen LogP contribution in [0.4, 0.5) is 11.8 Å². The van der Waals surface area contributed by atoms with Crippen molar-refractivity contribution in [1.82, 2.24) is 45.8 Å². The fourth-order valence-corrected chi connectivity index (χ4v) is 6.79. The Morgan fingerprint density at radius 1 is 0.960 bits per heavy atom. The second kappa shape index (κ2) is 20.4. The summed E-state index contributed by atoms with van der Waals surface area (Å²) in [6.45, 7) is 6.21. The number of amides is 2. The van der Waals surface area contributed by atoms with E-state index in [1.54, 1.807) is 0 Å². The van der Waals surface area contributed by atoms with Gasteiger partial charge in [-0.05, 0) is 82.9 Å². The molecule has 2 atom stereocenters. The number of piperidine rings is 1. The van der Waals surface area contributed by atoms with E-state index in [-0.39, 0.29) is 24.3 Å². The molecule has 1 unspecified atom stereocenters. The molecular weight excluding hydrogens is 651 g/mol. The number of benzene rings is 1. The third-order valence-electron chi connectivity index (χ3n) is 9.56. The molecule has 0 radical (unpaired) electrons. The number of likely N-dealkylation sites (tertiary alicyclic amines) is 1. The Morgan fingerprint density at radius 2 is 1.76 bits per heavy atom. The first-order chi connectivity index (χ1) is 24.5. The predicted octanol–water partition coefficient (Wildman–Crippen LogP) is 2.63. The molecule has 1 saturated carbocycles. The summed E-state index contributed by atoms with van der Waals surface area (Å²) >= 11 is 0. The second-order valence-electron chi connectivity index (χ2n) is 13.5. The zero-order valence-electron chi connectivity index (χ0n) is 29.4. The Kier molecular flexibility index (Phi) is 15.4. The molecule has 274 valence electrons. The Bertz CT molecular complexity index is 1470. The molecule has 1 aromatic carbocycles. The van der Waals surface area contributed by atoms with Gasteiger partial charge in [0.05, 0.1) is 24.3 Å². The Morgan fingerprint density at radius 3 is 2.58 bits per heavy atom. The molecule has 5 rings (SSSR count). The summed E-state index contributed by atoms with van der Waals surface area (Å²) in [5.74, 6) is 1.13. The molecule has 0 bridgehead atoms. The monoisotopic (exact) mass is 708 g/mol. The molecule has 50 heavy (non-hydrogen) atoms. The highest BCUT2D eigenvalue weighted by atomic mass is 31.0. The van der Waals surface area contributed by atoms with Crippen molar-refractivity contribution in [3.63, 3.8) is 0 Å². The number of hydrogen-bond donors (Lipinski definition) is 6. The highest BCUT2D eigenvalue weighted by Gasteiger charge is 2.25. The minimum atomic E-state index is -0.670. The van der Waals surface area contributed by atoms with Gasteiger partial charge >= 0.3 is 0 Å². The zero-order valence-corrected chi connectivity index (χ0v) is 30.6. The summed E-state index contributed by atoms with van der Waals surface area (Å²) in [6, 6.07) is 8.19. The molecule has 1 aliphatic heterocycles. The first-order valence-corrected chi connectivity index (χ1v) is 19.4. The van der Waals surface area contributed by atoms with Crippen LogP contribution in [0.5, 0.6) is 0 Å². The van der Waals surface area contributed by atoms with Crippen molar-refractivity contribution in [2.45, 2.75) is 102 Å². The second-order valence-corrected chi connectivity index (χ2v) is 14.1.